The van der Waals surface area contributed by atoms with Crippen LogP contribution in [0.2, 0.25) is 0 Å². The average molecular weight is 281 g/mol. The topological polar surface area (TPSA) is 46.2 Å². The molecule has 1 N–H and O–H groups in total. The quantitative estimate of drug-likeness (QED) is 0.919. The maximum Gasteiger partial charge on any atom is 0.178 e. The van der Waals surface area contributed by atoms with E-state index in [0.29, 0.717) is 16.4 Å². The first-order valence-electron chi connectivity index (χ1n) is 6.94. The van der Waals surface area contributed by atoms with Gasteiger partial charge in [0.05, 0.1) is 10.6 Å². The molecule has 0 saturated heterocycles. The normalized spacial score (nSPS) is 22.4. The number of anilines is 1. The van der Waals surface area contributed by atoms with Crippen molar-refractivity contribution in [3.8, 4) is 0 Å². The van der Waals surface area contributed by atoms with Crippen LogP contribution in [0.5, 0.6) is 0 Å². The first-order chi connectivity index (χ1) is 8.85. The van der Waals surface area contributed by atoms with E-state index in [4.69, 9.17) is 0 Å². The summed E-state index contributed by atoms with van der Waals surface area (Å²) in [7, 11) is -3.09. The minimum absolute atomic E-state index is 0.148. The predicted molar refractivity (Wildman–Crippen MR) is 79.2 cm³/mol. The van der Waals surface area contributed by atoms with Crippen molar-refractivity contribution in [2.75, 3.05) is 11.1 Å². The van der Waals surface area contributed by atoms with E-state index in [1.165, 1.54) is 19.3 Å². The summed E-state index contributed by atoms with van der Waals surface area (Å²) in [5.41, 5.74) is 1.32. The molecule has 3 nitrogen and oxygen atoms in total. The van der Waals surface area contributed by atoms with Crippen molar-refractivity contribution in [3.63, 3.8) is 0 Å². The van der Waals surface area contributed by atoms with Gasteiger partial charge in [0.15, 0.2) is 9.84 Å². The van der Waals surface area contributed by atoms with Crippen LogP contribution in [0.15, 0.2) is 29.2 Å². The Morgan fingerprint density at radius 1 is 1.26 bits per heavy atom. The van der Waals surface area contributed by atoms with Crippen molar-refractivity contribution in [1.82, 2.24) is 0 Å². The van der Waals surface area contributed by atoms with E-state index in [-0.39, 0.29) is 5.75 Å². The summed E-state index contributed by atoms with van der Waals surface area (Å²) in [6.45, 7) is 6.24. The first-order valence-corrected chi connectivity index (χ1v) is 8.60. The number of hydrogen-bond donors (Lipinski definition) is 1. The lowest BCUT2D eigenvalue weighted by molar-refractivity contribution is 0.350. The molecule has 106 valence electrons. The highest BCUT2D eigenvalue weighted by Gasteiger charge is 2.34. The Bertz CT molecular complexity index is 532. The Morgan fingerprint density at radius 2 is 1.89 bits per heavy atom. The Labute approximate surface area is 116 Å². The van der Waals surface area contributed by atoms with Gasteiger partial charge in [-0.2, -0.15) is 0 Å². The lowest BCUT2D eigenvalue weighted by Gasteiger charge is -2.28. The fourth-order valence-corrected chi connectivity index (χ4v) is 3.60. The molecule has 1 aliphatic carbocycles. The number of nitrogens with one attached hydrogen (secondary N) is 1. The van der Waals surface area contributed by atoms with Gasteiger partial charge in [0.1, 0.15) is 0 Å². The van der Waals surface area contributed by atoms with Crippen LogP contribution in [-0.4, -0.2) is 20.2 Å². The highest BCUT2D eigenvalue weighted by atomic mass is 32.2. The molecule has 0 radical (unpaired) electrons. The average Bonchev–Trinajstić information content (AvgIpc) is 2.69. The zero-order valence-electron chi connectivity index (χ0n) is 11.9. The second-order valence-corrected chi connectivity index (χ2v) is 8.28. The Morgan fingerprint density at radius 3 is 2.37 bits per heavy atom. The molecule has 0 heterocycles. The molecule has 0 aliphatic heterocycles. The highest BCUT2D eigenvalue weighted by molar-refractivity contribution is 7.91. The van der Waals surface area contributed by atoms with E-state index < -0.39 is 9.84 Å². The van der Waals surface area contributed by atoms with Crippen LogP contribution in [0.1, 0.15) is 40.0 Å². The molecular formula is C15H23NO2S. The lowest BCUT2D eigenvalue weighted by atomic mass is 9.87. The van der Waals surface area contributed by atoms with Gasteiger partial charge in [-0.15, -0.1) is 0 Å². The van der Waals surface area contributed by atoms with Gasteiger partial charge in [0.25, 0.3) is 0 Å². The molecule has 0 amide bonds. The van der Waals surface area contributed by atoms with Crippen molar-refractivity contribution in [2.24, 2.45) is 5.41 Å². The van der Waals surface area contributed by atoms with Crippen LogP contribution < -0.4 is 5.32 Å². The largest absolute Gasteiger partial charge is 0.382 e. The summed E-state index contributed by atoms with van der Waals surface area (Å²) in [5, 5.41) is 3.53. The van der Waals surface area contributed by atoms with Crippen LogP contribution in [0, 0.1) is 5.41 Å². The monoisotopic (exact) mass is 281 g/mol. The van der Waals surface area contributed by atoms with Crippen molar-refractivity contribution < 1.29 is 8.42 Å². The molecular weight excluding hydrogens is 258 g/mol. The van der Waals surface area contributed by atoms with E-state index in [1.807, 2.05) is 12.1 Å². The fourth-order valence-electron chi connectivity index (χ4n) is 2.72. The van der Waals surface area contributed by atoms with Gasteiger partial charge in [-0.3, -0.25) is 0 Å². The van der Waals surface area contributed by atoms with Crippen molar-refractivity contribution >= 4 is 15.5 Å². The van der Waals surface area contributed by atoms with Gasteiger partial charge in [-0.1, -0.05) is 27.2 Å². The van der Waals surface area contributed by atoms with Crippen LogP contribution >= 0.6 is 0 Å². The summed E-state index contributed by atoms with van der Waals surface area (Å²) in [5.74, 6) is 0.148. The summed E-state index contributed by atoms with van der Waals surface area (Å²) in [6, 6.07) is 7.61. The van der Waals surface area contributed by atoms with E-state index in [2.05, 4.69) is 19.2 Å². The van der Waals surface area contributed by atoms with Crippen molar-refractivity contribution in [2.45, 2.75) is 51.0 Å². The molecule has 19 heavy (non-hydrogen) atoms. The van der Waals surface area contributed by atoms with Crippen LogP contribution in [0.4, 0.5) is 5.69 Å². The van der Waals surface area contributed by atoms with E-state index in [9.17, 15) is 8.42 Å². The molecule has 1 atom stereocenters. The lowest BCUT2D eigenvalue weighted by Crippen LogP contribution is -2.30. The van der Waals surface area contributed by atoms with Gasteiger partial charge in [0.2, 0.25) is 0 Å². The number of sulfone groups is 1. The third-order valence-electron chi connectivity index (χ3n) is 4.19. The Balaban J connectivity index is 2.12. The molecule has 1 saturated carbocycles. The number of hydrogen-bond acceptors (Lipinski definition) is 3. The first kappa shape index (κ1) is 14.4. The molecule has 1 unspecified atom stereocenters. The molecule has 1 aromatic carbocycles. The zero-order valence-corrected chi connectivity index (χ0v) is 12.8. The molecule has 0 spiro atoms. The van der Waals surface area contributed by atoms with Crippen molar-refractivity contribution in [3.05, 3.63) is 24.3 Å². The van der Waals surface area contributed by atoms with Gasteiger partial charge in [-0.25, -0.2) is 8.42 Å². The van der Waals surface area contributed by atoms with Crippen LogP contribution in [0.3, 0.4) is 0 Å². The smallest absolute Gasteiger partial charge is 0.178 e. The summed E-state index contributed by atoms with van der Waals surface area (Å²) >= 11 is 0. The summed E-state index contributed by atoms with van der Waals surface area (Å²) in [4.78, 5) is 0.409. The minimum atomic E-state index is -3.09. The Kier molecular flexibility index (Phi) is 3.90. The van der Waals surface area contributed by atoms with E-state index in [0.717, 1.165) is 5.69 Å². The molecule has 4 heteroatoms. The van der Waals surface area contributed by atoms with Gasteiger partial charge < -0.3 is 5.32 Å². The van der Waals surface area contributed by atoms with E-state index in [1.54, 1.807) is 19.1 Å². The Hall–Kier alpha value is -1.03. The maximum absolute atomic E-state index is 11.7. The second-order valence-electron chi connectivity index (χ2n) is 6.01. The zero-order chi connectivity index (χ0) is 14.1. The standard InChI is InChI=1S/C15H23NO2S/c1-4-19(17,18)13-9-7-12(8-10-13)16-14-6-5-11-15(14,2)3/h7-10,14,16H,4-6,11H2,1-3H3. The van der Waals surface area contributed by atoms with Gasteiger partial charge in [0, 0.05) is 11.7 Å². The SMILES string of the molecule is CCS(=O)(=O)c1ccc(NC2CCCC2(C)C)cc1. The number of benzene rings is 1. The van der Waals surface area contributed by atoms with Gasteiger partial charge in [-0.05, 0) is 42.5 Å². The van der Waals surface area contributed by atoms with E-state index >= 15 is 0 Å². The summed E-state index contributed by atoms with van der Waals surface area (Å²) in [6.07, 6.45) is 3.68. The van der Waals surface area contributed by atoms with Crippen LogP contribution in [0.25, 0.3) is 0 Å². The van der Waals surface area contributed by atoms with Gasteiger partial charge >= 0.3 is 0 Å². The minimum Gasteiger partial charge on any atom is -0.382 e. The molecule has 1 fully saturated rings. The molecule has 2 rings (SSSR count). The van der Waals surface area contributed by atoms with Crippen LogP contribution in [-0.2, 0) is 9.84 Å². The maximum atomic E-state index is 11.7. The molecule has 1 aliphatic rings. The highest BCUT2D eigenvalue weighted by Crippen LogP contribution is 2.39. The predicted octanol–water partition coefficient (Wildman–Crippen LogP) is 3.47. The van der Waals surface area contributed by atoms with Crippen molar-refractivity contribution in [1.29, 1.82) is 0 Å². The summed E-state index contributed by atoms with van der Waals surface area (Å²) < 4.78 is 23.5. The fraction of sp³-hybridized carbons (Fsp3) is 0.600. The third-order valence-corrected chi connectivity index (χ3v) is 5.94. The molecule has 0 aromatic heterocycles. The second kappa shape index (κ2) is 5.16. The number of rotatable bonds is 4. The molecule has 0 bridgehead atoms. The molecule has 1 aromatic rings. The third kappa shape index (κ3) is 3.11.